The third-order valence-electron chi connectivity index (χ3n) is 6.17. The molecule has 1 N–H and O–H groups in total. The van der Waals surface area contributed by atoms with E-state index in [-0.39, 0.29) is 5.91 Å². The maximum Gasteiger partial charge on any atom is 0.338 e. The molecule has 0 unspecified atom stereocenters. The summed E-state index contributed by atoms with van der Waals surface area (Å²) in [6, 6.07) is 23.0. The van der Waals surface area contributed by atoms with Gasteiger partial charge in [-0.1, -0.05) is 49.4 Å². The Morgan fingerprint density at radius 3 is 2.12 bits per heavy atom. The summed E-state index contributed by atoms with van der Waals surface area (Å²) >= 11 is 0. The zero-order chi connectivity index (χ0) is 23.9. The smallest absolute Gasteiger partial charge is 0.338 e. The Bertz CT molecular complexity index is 1120. The van der Waals surface area contributed by atoms with Crippen LogP contribution in [-0.2, 0) is 4.74 Å². The van der Waals surface area contributed by atoms with E-state index in [0.29, 0.717) is 23.4 Å². The summed E-state index contributed by atoms with van der Waals surface area (Å²) in [4.78, 5) is 30.1. The van der Waals surface area contributed by atoms with Gasteiger partial charge in [0.1, 0.15) is 0 Å². The molecule has 0 saturated carbocycles. The molecule has 3 aromatic rings. The Morgan fingerprint density at radius 2 is 1.47 bits per heavy atom. The average molecular weight is 458 g/mol. The van der Waals surface area contributed by atoms with Crippen molar-refractivity contribution >= 4 is 23.3 Å². The molecule has 0 spiro atoms. The van der Waals surface area contributed by atoms with Gasteiger partial charge in [0.2, 0.25) is 0 Å². The van der Waals surface area contributed by atoms with Crippen molar-refractivity contribution in [2.45, 2.75) is 13.8 Å². The van der Waals surface area contributed by atoms with E-state index in [0.717, 1.165) is 49.5 Å². The van der Waals surface area contributed by atoms with Gasteiger partial charge in [-0.3, -0.25) is 4.79 Å². The van der Waals surface area contributed by atoms with Crippen molar-refractivity contribution in [1.82, 2.24) is 4.90 Å². The number of hydrogen-bond donors (Lipinski definition) is 1. The van der Waals surface area contributed by atoms with Crippen molar-refractivity contribution in [3.8, 4) is 11.1 Å². The second kappa shape index (κ2) is 11.0. The van der Waals surface area contributed by atoms with Crippen LogP contribution in [0.5, 0.6) is 0 Å². The van der Waals surface area contributed by atoms with Crippen molar-refractivity contribution in [2.24, 2.45) is 0 Å². The molecule has 1 aliphatic heterocycles. The monoisotopic (exact) mass is 457 g/mol. The fraction of sp³-hybridized carbons (Fsp3) is 0.286. The van der Waals surface area contributed by atoms with Gasteiger partial charge in [-0.05, 0) is 54.9 Å². The maximum absolute atomic E-state index is 13.1. The van der Waals surface area contributed by atoms with Gasteiger partial charge in [0.15, 0.2) is 0 Å². The van der Waals surface area contributed by atoms with E-state index in [1.165, 1.54) is 0 Å². The number of benzene rings is 3. The second-order valence-electron chi connectivity index (χ2n) is 8.27. The Balaban J connectivity index is 1.57. The van der Waals surface area contributed by atoms with Gasteiger partial charge < -0.3 is 19.9 Å². The third kappa shape index (κ3) is 5.46. The molecule has 6 nitrogen and oxygen atoms in total. The number of anilines is 2. The molecule has 0 atom stereocenters. The molecule has 1 aliphatic rings. The fourth-order valence-corrected chi connectivity index (χ4v) is 4.20. The number of ether oxygens (including phenoxy) is 1. The van der Waals surface area contributed by atoms with Crippen LogP contribution < -0.4 is 10.2 Å². The van der Waals surface area contributed by atoms with E-state index >= 15 is 0 Å². The summed E-state index contributed by atoms with van der Waals surface area (Å²) < 4.78 is 5.17. The van der Waals surface area contributed by atoms with Crippen LogP contribution >= 0.6 is 0 Å². The third-order valence-corrected chi connectivity index (χ3v) is 6.17. The Morgan fingerprint density at radius 1 is 0.824 bits per heavy atom. The van der Waals surface area contributed by atoms with Crippen molar-refractivity contribution in [1.29, 1.82) is 0 Å². The normalized spacial score (nSPS) is 14.0. The van der Waals surface area contributed by atoms with Gasteiger partial charge in [-0.25, -0.2) is 4.79 Å². The van der Waals surface area contributed by atoms with Gasteiger partial charge in [0.25, 0.3) is 5.91 Å². The number of piperazine rings is 1. The first kappa shape index (κ1) is 23.5. The highest BCUT2D eigenvalue weighted by atomic mass is 16.5. The van der Waals surface area contributed by atoms with Crippen molar-refractivity contribution in [3.63, 3.8) is 0 Å². The minimum absolute atomic E-state index is 0.214. The lowest BCUT2D eigenvalue weighted by Gasteiger charge is -2.36. The van der Waals surface area contributed by atoms with Crippen LogP contribution in [-0.4, -0.2) is 56.1 Å². The second-order valence-corrected chi connectivity index (χ2v) is 8.27. The summed E-state index contributed by atoms with van der Waals surface area (Å²) in [7, 11) is 0. The standard InChI is InChI=1S/C28H31N3O3/c1-3-30-16-18-31(19-17-30)26-15-14-24(28(33)34-4-2)20-25(26)29-27(32)23-12-10-22(11-13-23)21-8-6-5-7-9-21/h5-15,20H,3-4,16-19H2,1-2H3,(H,29,32). The minimum atomic E-state index is -0.396. The van der Waals surface area contributed by atoms with Gasteiger partial charge >= 0.3 is 5.97 Å². The maximum atomic E-state index is 13.1. The van der Waals surface area contributed by atoms with E-state index in [2.05, 4.69) is 22.0 Å². The molecule has 1 saturated heterocycles. The predicted molar refractivity (Wildman–Crippen MR) is 137 cm³/mol. The van der Waals surface area contributed by atoms with Crippen LogP contribution in [0.15, 0.2) is 72.8 Å². The first-order valence-electron chi connectivity index (χ1n) is 11.8. The highest BCUT2D eigenvalue weighted by Crippen LogP contribution is 2.29. The minimum Gasteiger partial charge on any atom is -0.462 e. The molecule has 1 fully saturated rings. The number of nitrogens with one attached hydrogen (secondary N) is 1. The molecule has 34 heavy (non-hydrogen) atoms. The predicted octanol–water partition coefficient (Wildman–Crippen LogP) is 4.92. The molecule has 0 radical (unpaired) electrons. The number of carbonyl (C=O) groups is 2. The molecule has 1 amide bonds. The van der Waals surface area contributed by atoms with Gasteiger partial charge in [0.05, 0.1) is 23.5 Å². The van der Waals surface area contributed by atoms with Crippen LogP contribution in [0.3, 0.4) is 0 Å². The quantitative estimate of drug-likeness (QED) is 0.510. The van der Waals surface area contributed by atoms with E-state index in [1.807, 2.05) is 60.7 Å². The van der Waals surface area contributed by atoms with Crippen LogP contribution in [0, 0.1) is 0 Å². The molecule has 3 aromatic carbocycles. The molecule has 4 rings (SSSR count). The highest BCUT2D eigenvalue weighted by Gasteiger charge is 2.21. The van der Waals surface area contributed by atoms with E-state index in [1.54, 1.807) is 19.1 Å². The fourth-order valence-electron chi connectivity index (χ4n) is 4.20. The zero-order valence-corrected chi connectivity index (χ0v) is 19.8. The van der Waals surface area contributed by atoms with Gasteiger partial charge in [-0.15, -0.1) is 0 Å². The molecule has 0 aromatic heterocycles. The number of hydrogen-bond acceptors (Lipinski definition) is 5. The first-order valence-corrected chi connectivity index (χ1v) is 11.8. The summed E-state index contributed by atoms with van der Waals surface area (Å²) in [6.45, 7) is 8.92. The summed E-state index contributed by atoms with van der Waals surface area (Å²) in [6.07, 6.45) is 0. The van der Waals surface area contributed by atoms with Crippen LogP contribution in [0.2, 0.25) is 0 Å². The molecule has 176 valence electrons. The van der Waals surface area contributed by atoms with Gasteiger partial charge in [-0.2, -0.15) is 0 Å². The molecule has 0 aliphatic carbocycles. The molecular formula is C28H31N3O3. The summed E-state index contributed by atoms with van der Waals surface area (Å²) in [5.74, 6) is -0.610. The average Bonchev–Trinajstić information content (AvgIpc) is 2.89. The SMILES string of the molecule is CCOC(=O)c1ccc(N2CCN(CC)CC2)c(NC(=O)c2ccc(-c3ccccc3)cc2)c1. The van der Waals surface area contributed by atoms with Crippen LogP contribution in [0.1, 0.15) is 34.6 Å². The Labute approximate surface area is 201 Å². The van der Waals surface area contributed by atoms with Crippen molar-refractivity contribution < 1.29 is 14.3 Å². The largest absolute Gasteiger partial charge is 0.462 e. The Hall–Kier alpha value is -3.64. The molecule has 0 bridgehead atoms. The lowest BCUT2D eigenvalue weighted by Crippen LogP contribution is -2.46. The lowest BCUT2D eigenvalue weighted by molar-refractivity contribution is 0.0526. The van der Waals surface area contributed by atoms with Crippen molar-refractivity contribution in [2.75, 3.05) is 49.5 Å². The summed E-state index contributed by atoms with van der Waals surface area (Å²) in [5, 5.41) is 3.04. The number of likely N-dealkylation sites (N-methyl/N-ethyl adjacent to an activating group) is 1. The number of esters is 1. The molecule has 1 heterocycles. The number of rotatable bonds is 7. The highest BCUT2D eigenvalue weighted by molar-refractivity contribution is 6.07. The summed E-state index contributed by atoms with van der Waals surface area (Å²) in [5.41, 5.74) is 4.67. The van der Waals surface area contributed by atoms with E-state index in [4.69, 9.17) is 4.74 Å². The number of nitrogens with zero attached hydrogens (tertiary/aromatic N) is 2. The lowest BCUT2D eigenvalue weighted by atomic mass is 10.0. The van der Waals surface area contributed by atoms with Crippen LogP contribution in [0.25, 0.3) is 11.1 Å². The first-order chi connectivity index (χ1) is 16.6. The zero-order valence-electron chi connectivity index (χ0n) is 19.8. The van der Waals surface area contributed by atoms with Crippen molar-refractivity contribution in [3.05, 3.63) is 83.9 Å². The number of amides is 1. The number of carbonyl (C=O) groups excluding carboxylic acids is 2. The molecule has 6 heteroatoms. The van der Waals surface area contributed by atoms with E-state index < -0.39 is 5.97 Å². The topological polar surface area (TPSA) is 61.9 Å². The van der Waals surface area contributed by atoms with Gasteiger partial charge in [0, 0.05) is 31.7 Å². The van der Waals surface area contributed by atoms with Crippen LogP contribution in [0.4, 0.5) is 11.4 Å². The van der Waals surface area contributed by atoms with E-state index in [9.17, 15) is 9.59 Å². The molecular weight excluding hydrogens is 426 g/mol. The Kier molecular flexibility index (Phi) is 7.60.